The van der Waals surface area contributed by atoms with Gasteiger partial charge in [-0.3, -0.25) is 0 Å². The zero-order chi connectivity index (χ0) is 8.55. The fourth-order valence-corrected chi connectivity index (χ4v) is 1.37. The van der Waals surface area contributed by atoms with Crippen LogP contribution in [0.2, 0.25) is 0 Å². The van der Waals surface area contributed by atoms with Crippen LogP contribution in [0.25, 0.3) is 0 Å². The minimum Gasteiger partial charge on any atom is -0.465 e. The Balaban J connectivity index is 1.97. The Morgan fingerprint density at radius 2 is 2.25 bits per heavy atom. The standard InChI is InChI=1S/C10H15NO/c1-7-3-6-10(12-7)8(2)11-9-4-5-9/h3,6,8-9,11H,4-5H2,1-2H3/t8-/m1/s1. The van der Waals surface area contributed by atoms with Gasteiger partial charge in [-0.05, 0) is 38.8 Å². The smallest absolute Gasteiger partial charge is 0.120 e. The zero-order valence-corrected chi connectivity index (χ0v) is 7.63. The largest absolute Gasteiger partial charge is 0.465 e. The highest BCUT2D eigenvalue weighted by molar-refractivity contribution is 5.09. The summed E-state index contributed by atoms with van der Waals surface area (Å²) in [5.41, 5.74) is 0. The molecule has 0 aliphatic heterocycles. The van der Waals surface area contributed by atoms with Gasteiger partial charge in [-0.1, -0.05) is 0 Å². The monoisotopic (exact) mass is 165 g/mol. The van der Waals surface area contributed by atoms with Gasteiger partial charge in [0, 0.05) is 6.04 Å². The van der Waals surface area contributed by atoms with Crippen LogP contribution in [0.1, 0.15) is 37.3 Å². The second kappa shape index (κ2) is 2.94. The summed E-state index contributed by atoms with van der Waals surface area (Å²) in [6, 6.07) is 5.17. The molecular formula is C10H15NO. The molecule has 0 unspecified atom stereocenters. The minimum absolute atomic E-state index is 0.367. The predicted octanol–water partition coefficient (Wildman–Crippen LogP) is 2.40. The highest BCUT2D eigenvalue weighted by Gasteiger charge is 2.24. The molecule has 1 N–H and O–H groups in total. The molecule has 2 heteroatoms. The number of rotatable bonds is 3. The molecule has 0 bridgehead atoms. The lowest BCUT2D eigenvalue weighted by atomic mass is 10.2. The molecule has 0 spiro atoms. The van der Waals surface area contributed by atoms with E-state index in [1.165, 1.54) is 12.8 Å². The Morgan fingerprint density at radius 3 is 2.75 bits per heavy atom. The van der Waals surface area contributed by atoms with Gasteiger partial charge in [0.25, 0.3) is 0 Å². The van der Waals surface area contributed by atoms with Crippen molar-refractivity contribution < 1.29 is 4.42 Å². The molecule has 0 radical (unpaired) electrons. The highest BCUT2D eigenvalue weighted by atomic mass is 16.3. The normalized spacial score (nSPS) is 19.5. The average molecular weight is 165 g/mol. The molecule has 1 saturated carbocycles. The zero-order valence-electron chi connectivity index (χ0n) is 7.63. The van der Waals surface area contributed by atoms with Crippen molar-refractivity contribution in [3.05, 3.63) is 23.7 Å². The lowest BCUT2D eigenvalue weighted by Crippen LogP contribution is -2.20. The first kappa shape index (κ1) is 7.87. The molecule has 0 saturated heterocycles. The molecule has 0 amide bonds. The van der Waals surface area contributed by atoms with Crippen LogP contribution < -0.4 is 5.32 Å². The third-order valence-corrected chi connectivity index (χ3v) is 2.25. The molecule has 1 aromatic rings. The van der Waals surface area contributed by atoms with Gasteiger partial charge in [-0.15, -0.1) is 0 Å². The summed E-state index contributed by atoms with van der Waals surface area (Å²) in [7, 11) is 0. The van der Waals surface area contributed by atoms with E-state index in [4.69, 9.17) is 4.42 Å². The van der Waals surface area contributed by atoms with Crippen molar-refractivity contribution in [2.75, 3.05) is 0 Å². The summed E-state index contributed by atoms with van der Waals surface area (Å²) in [6.07, 6.45) is 2.65. The molecule has 1 fully saturated rings. The first-order valence-corrected chi connectivity index (χ1v) is 4.58. The maximum absolute atomic E-state index is 5.51. The van der Waals surface area contributed by atoms with Crippen LogP contribution >= 0.6 is 0 Å². The summed E-state index contributed by atoms with van der Waals surface area (Å²) in [6.45, 7) is 4.13. The molecule has 1 aliphatic carbocycles. The quantitative estimate of drug-likeness (QED) is 0.744. The van der Waals surface area contributed by atoms with E-state index >= 15 is 0 Å². The summed E-state index contributed by atoms with van der Waals surface area (Å²) in [4.78, 5) is 0. The molecule has 66 valence electrons. The highest BCUT2D eigenvalue weighted by Crippen LogP contribution is 2.24. The topological polar surface area (TPSA) is 25.2 Å². The Labute approximate surface area is 73.0 Å². The van der Waals surface area contributed by atoms with Crippen molar-refractivity contribution >= 4 is 0 Å². The van der Waals surface area contributed by atoms with Crippen LogP contribution in [0.15, 0.2) is 16.5 Å². The molecule has 2 nitrogen and oxygen atoms in total. The maximum Gasteiger partial charge on any atom is 0.120 e. The van der Waals surface area contributed by atoms with E-state index in [1.54, 1.807) is 0 Å². The van der Waals surface area contributed by atoms with Gasteiger partial charge in [0.05, 0.1) is 6.04 Å². The molecule has 1 aliphatic rings. The van der Waals surface area contributed by atoms with E-state index in [0.29, 0.717) is 6.04 Å². The van der Waals surface area contributed by atoms with Gasteiger partial charge in [-0.25, -0.2) is 0 Å². The van der Waals surface area contributed by atoms with Gasteiger partial charge in [0.15, 0.2) is 0 Å². The van der Waals surface area contributed by atoms with E-state index in [0.717, 1.165) is 17.6 Å². The van der Waals surface area contributed by atoms with Gasteiger partial charge >= 0.3 is 0 Å². The predicted molar refractivity (Wildman–Crippen MR) is 48.0 cm³/mol. The third-order valence-electron chi connectivity index (χ3n) is 2.25. The molecule has 1 heterocycles. The summed E-state index contributed by atoms with van der Waals surface area (Å²) in [5.74, 6) is 2.05. The summed E-state index contributed by atoms with van der Waals surface area (Å²) < 4.78 is 5.51. The number of aryl methyl sites for hydroxylation is 1. The number of hydrogen-bond donors (Lipinski definition) is 1. The Hall–Kier alpha value is -0.760. The second-order valence-electron chi connectivity index (χ2n) is 3.61. The maximum atomic E-state index is 5.51. The Bertz CT molecular complexity index is 263. The van der Waals surface area contributed by atoms with E-state index in [1.807, 2.05) is 13.0 Å². The van der Waals surface area contributed by atoms with Crippen molar-refractivity contribution in [3.8, 4) is 0 Å². The molecule has 1 aromatic heterocycles. The van der Waals surface area contributed by atoms with Crippen LogP contribution in [0.4, 0.5) is 0 Å². The first-order valence-electron chi connectivity index (χ1n) is 4.58. The van der Waals surface area contributed by atoms with Crippen molar-refractivity contribution in [1.82, 2.24) is 5.32 Å². The average Bonchev–Trinajstić information content (AvgIpc) is 2.72. The van der Waals surface area contributed by atoms with Gasteiger partial charge in [0.1, 0.15) is 11.5 Å². The van der Waals surface area contributed by atoms with E-state index in [-0.39, 0.29) is 0 Å². The SMILES string of the molecule is Cc1ccc([C@@H](C)NC2CC2)o1. The third kappa shape index (κ3) is 1.69. The van der Waals surface area contributed by atoms with Crippen molar-refractivity contribution in [3.63, 3.8) is 0 Å². The molecular weight excluding hydrogens is 150 g/mol. The lowest BCUT2D eigenvalue weighted by Gasteiger charge is -2.09. The van der Waals surface area contributed by atoms with Crippen LogP contribution in [-0.2, 0) is 0 Å². The van der Waals surface area contributed by atoms with Crippen LogP contribution in [0, 0.1) is 6.92 Å². The first-order chi connectivity index (χ1) is 5.75. The van der Waals surface area contributed by atoms with Crippen LogP contribution in [0.5, 0.6) is 0 Å². The Kier molecular flexibility index (Phi) is 1.93. The summed E-state index contributed by atoms with van der Waals surface area (Å²) in [5, 5.41) is 3.49. The summed E-state index contributed by atoms with van der Waals surface area (Å²) >= 11 is 0. The molecule has 2 rings (SSSR count). The van der Waals surface area contributed by atoms with Crippen LogP contribution in [0.3, 0.4) is 0 Å². The number of hydrogen-bond acceptors (Lipinski definition) is 2. The fourth-order valence-electron chi connectivity index (χ4n) is 1.37. The second-order valence-corrected chi connectivity index (χ2v) is 3.61. The van der Waals surface area contributed by atoms with E-state index in [9.17, 15) is 0 Å². The van der Waals surface area contributed by atoms with Crippen LogP contribution in [-0.4, -0.2) is 6.04 Å². The van der Waals surface area contributed by atoms with Crippen molar-refractivity contribution in [2.24, 2.45) is 0 Å². The van der Waals surface area contributed by atoms with Crippen molar-refractivity contribution in [2.45, 2.75) is 38.8 Å². The van der Waals surface area contributed by atoms with Gasteiger partial charge in [-0.2, -0.15) is 0 Å². The van der Waals surface area contributed by atoms with E-state index in [2.05, 4.69) is 18.3 Å². The Morgan fingerprint density at radius 1 is 1.50 bits per heavy atom. The lowest BCUT2D eigenvalue weighted by molar-refractivity contribution is 0.415. The molecule has 1 atom stereocenters. The van der Waals surface area contributed by atoms with Crippen molar-refractivity contribution in [1.29, 1.82) is 0 Å². The molecule has 0 aromatic carbocycles. The number of furan rings is 1. The fraction of sp³-hybridized carbons (Fsp3) is 0.600. The van der Waals surface area contributed by atoms with Gasteiger partial charge in [0.2, 0.25) is 0 Å². The van der Waals surface area contributed by atoms with Gasteiger partial charge < -0.3 is 9.73 Å². The number of nitrogens with one attached hydrogen (secondary N) is 1. The molecule has 12 heavy (non-hydrogen) atoms. The minimum atomic E-state index is 0.367. The van der Waals surface area contributed by atoms with E-state index < -0.39 is 0 Å².